The van der Waals surface area contributed by atoms with E-state index >= 15 is 0 Å². The highest BCUT2D eigenvalue weighted by atomic mass is 79.9. The van der Waals surface area contributed by atoms with Crippen LogP contribution in [-0.4, -0.2) is 19.1 Å². The average Bonchev–Trinajstić information content (AvgIpc) is 2.85. The molecular weight excluding hydrogens is 372 g/mol. The lowest BCUT2D eigenvalue weighted by atomic mass is 10.1. The molecular formula is C14H14Br2N2O. The minimum atomic E-state index is 0.838. The molecule has 0 aliphatic heterocycles. The van der Waals surface area contributed by atoms with Gasteiger partial charge < -0.3 is 10.1 Å². The number of fused-ring (bicyclic) bond motifs is 2. The number of hydrogen-bond donors (Lipinski definition) is 1. The van der Waals surface area contributed by atoms with Gasteiger partial charge in [0.15, 0.2) is 0 Å². The molecule has 0 bridgehead atoms. The van der Waals surface area contributed by atoms with Crippen molar-refractivity contribution in [1.29, 1.82) is 0 Å². The highest BCUT2D eigenvalue weighted by Crippen LogP contribution is 2.44. The second kappa shape index (κ2) is 4.94. The molecule has 2 aromatic rings. The van der Waals surface area contributed by atoms with Gasteiger partial charge in [0.2, 0.25) is 0 Å². The predicted molar refractivity (Wildman–Crippen MR) is 85.3 cm³/mol. The van der Waals surface area contributed by atoms with Crippen LogP contribution in [0.2, 0.25) is 0 Å². The number of aryl methyl sites for hydroxylation is 1. The van der Waals surface area contributed by atoms with E-state index in [2.05, 4.69) is 37.2 Å². The quantitative estimate of drug-likeness (QED) is 0.836. The average molecular weight is 386 g/mol. The summed E-state index contributed by atoms with van der Waals surface area (Å²) in [5.41, 5.74) is 4.65. The number of rotatable bonds is 2. The highest BCUT2D eigenvalue weighted by Gasteiger charge is 2.23. The normalized spacial score (nSPS) is 13.7. The Labute approximate surface area is 129 Å². The summed E-state index contributed by atoms with van der Waals surface area (Å²) in [6.07, 6.45) is 3.32. The van der Waals surface area contributed by atoms with Crippen LogP contribution < -0.4 is 10.1 Å². The van der Waals surface area contributed by atoms with Crippen LogP contribution in [0.5, 0.6) is 5.75 Å². The summed E-state index contributed by atoms with van der Waals surface area (Å²) in [5, 5.41) is 4.39. The van der Waals surface area contributed by atoms with Gasteiger partial charge in [0, 0.05) is 17.2 Å². The van der Waals surface area contributed by atoms with E-state index in [1.54, 1.807) is 7.11 Å². The number of hydrogen-bond acceptors (Lipinski definition) is 3. The number of nitrogens with zero attached hydrogens (tertiary/aromatic N) is 1. The number of nitrogens with one attached hydrogen (secondary N) is 1. The molecule has 0 amide bonds. The molecule has 1 aromatic heterocycles. The Kier molecular flexibility index (Phi) is 3.43. The van der Waals surface area contributed by atoms with Crippen molar-refractivity contribution < 1.29 is 4.74 Å². The molecule has 1 aliphatic carbocycles. The van der Waals surface area contributed by atoms with Crippen LogP contribution in [0, 0.1) is 0 Å². The van der Waals surface area contributed by atoms with Crippen molar-refractivity contribution in [3.63, 3.8) is 0 Å². The smallest absolute Gasteiger partial charge is 0.144 e. The summed E-state index contributed by atoms with van der Waals surface area (Å²) in [5.74, 6) is 0.838. The topological polar surface area (TPSA) is 34.2 Å². The maximum Gasteiger partial charge on any atom is 0.144 e. The molecule has 5 heteroatoms. The van der Waals surface area contributed by atoms with Gasteiger partial charge >= 0.3 is 0 Å². The third-order valence-electron chi connectivity index (χ3n) is 3.60. The zero-order valence-electron chi connectivity index (χ0n) is 10.8. The summed E-state index contributed by atoms with van der Waals surface area (Å²) in [7, 11) is 3.65. The predicted octanol–water partition coefficient (Wildman–Crippen LogP) is 4.30. The fourth-order valence-corrected chi connectivity index (χ4v) is 4.23. The summed E-state index contributed by atoms with van der Waals surface area (Å²) >= 11 is 7.17. The van der Waals surface area contributed by atoms with Crippen molar-refractivity contribution in [2.45, 2.75) is 19.3 Å². The molecule has 3 rings (SSSR count). The third-order valence-corrected chi connectivity index (χ3v) is 4.80. The van der Waals surface area contributed by atoms with Gasteiger partial charge in [0.1, 0.15) is 5.75 Å². The second-order valence-corrected chi connectivity index (χ2v) is 6.32. The zero-order chi connectivity index (χ0) is 13.6. The minimum Gasteiger partial charge on any atom is -0.495 e. The standard InChI is InChI=1S/C14H14Br2N2O/c1-17-12-7-4-3-5-10(7)18-13-8(15)6-9(16)14(19-2)11(12)13/h6H,3-5H2,1-2H3,(H,17,18). The van der Waals surface area contributed by atoms with Gasteiger partial charge in [-0.05, 0) is 62.8 Å². The van der Waals surface area contributed by atoms with E-state index in [0.29, 0.717) is 0 Å². The van der Waals surface area contributed by atoms with Gasteiger partial charge in [-0.25, -0.2) is 0 Å². The van der Waals surface area contributed by atoms with E-state index < -0.39 is 0 Å². The Balaban J connectivity index is 2.50. The van der Waals surface area contributed by atoms with Crippen LogP contribution in [0.15, 0.2) is 15.0 Å². The maximum atomic E-state index is 5.57. The first kappa shape index (κ1) is 13.2. The molecule has 0 spiro atoms. The van der Waals surface area contributed by atoms with E-state index in [-0.39, 0.29) is 0 Å². The van der Waals surface area contributed by atoms with Crippen molar-refractivity contribution in [2.24, 2.45) is 0 Å². The van der Waals surface area contributed by atoms with Crippen molar-refractivity contribution in [2.75, 3.05) is 19.5 Å². The highest BCUT2D eigenvalue weighted by molar-refractivity contribution is 9.11. The Bertz CT molecular complexity index is 671. The Morgan fingerprint density at radius 3 is 2.74 bits per heavy atom. The van der Waals surface area contributed by atoms with Gasteiger partial charge in [-0.15, -0.1) is 0 Å². The lowest BCUT2D eigenvalue weighted by Crippen LogP contribution is -2.01. The van der Waals surface area contributed by atoms with Crippen LogP contribution in [0.25, 0.3) is 10.9 Å². The number of aromatic nitrogens is 1. The molecule has 19 heavy (non-hydrogen) atoms. The van der Waals surface area contributed by atoms with Gasteiger partial charge in [0.25, 0.3) is 0 Å². The monoisotopic (exact) mass is 384 g/mol. The van der Waals surface area contributed by atoms with Crippen LogP contribution in [0.1, 0.15) is 17.7 Å². The van der Waals surface area contributed by atoms with E-state index in [0.717, 1.165) is 44.1 Å². The van der Waals surface area contributed by atoms with Crippen LogP contribution >= 0.6 is 31.9 Å². The Morgan fingerprint density at radius 2 is 2.05 bits per heavy atom. The van der Waals surface area contributed by atoms with E-state index in [1.165, 1.54) is 17.7 Å². The Morgan fingerprint density at radius 1 is 1.26 bits per heavy atom. The van der Waals surface area contributed by atoms with Gasteiger partial charge in [-0.1, -0.05) is 0 Å². The summed E-state index contributed by atoms with van der Waals surface area (Å²) < 4.78 is 7.49. The van der Waals surface area contributed by atoms with Crippen molar-refractivity contribution in [1.82, 2.24) is 4.98 Å². The number of halogens is 2. The first-order valence-electron chi connectivity index (χ1n) is 6.22. The molecule has 0 saturated heterocycles. The molecule has 1 aromatic carbocycles. The van der Waals surface area contributed by atoms with Crippen LogP contribution in [0.3, 0.4) is 0 Å². The zero-order valence-corrected chi connectivity index (χ0v) is 14.0. The van der Waals surface area contributed by atoms with Crippen LogP contribution in [0.4, 0.5) is 5.69 Å². The SMILES string of the molecule is CNc1c2c(nc3c(Br)cc(Br)c(OC)c13)CCC2. The van der Waals surface area contributed by atoms with Gasteiger partial charge in [-0.3, -0.25) is 4.98 Å². The van der Waals surface area contributed by atoms with Crippen molar-refractivity contribution in [3.05, 3.63) is 26.3 Å². The lowest BCUT2D eigenvalue weighted by Gasteiger charge is -2.16. The number of benzene rings is 1. The third kappa shape index (κ3) is 1.94. The summed E-state index contributed by atoms with van der Waals surface area (Å²) in [6, 6.07) is 1.99. The molecule has 0 atom stereocenters. The maximum absolute atomic E-state index is 5.57. The number of pyridine rings is 1. The Hall–Kier alpha value is -0.810. The molecule has 0 fully saturated rings. The van der Waals surface area contributed by atoms with Crippen LogP contribution in [-0.2, 0) is 12.8 Å². The molecule has 3 nitrogen and oxygen atoms in total. The van der Waals surface area contributed by atoms with E-state index in [1.807, 2.05) is 13.1 Å². The fraction of sp³-hybridized carbons (Fsp3) is 0.357. The van der Waals surface area contributed by atoms with Crippen molar-refractivity contribution >= 4 is 48.5 Å². The molecule has 1 N–H and O–H groups in total. The van der Waals surface area contributed by atoms with E-state index in [4.69, 9.17) is 9.72 Å². The largest absolute Gasteiger partial charge is 0.495 e. The first-order chi connectivity index (χ1) is 9.17. The molecule has 1 heterocycles. The van der Waals surface area contributed by atoms with Crippen molar-refractivity contribution in [3.8, 4) is 5.75 Å². The van der Waals surface area contributed by atoms with Gasteiger partial charge in [0.05, 0.1) is 28.2 Å². The fourth-order valence-electron chi connectivity index (χ4n) is 2.81. The minimum absolute atomic E-state index is 0.838. The molecule has 0 saturated carbocycles. The summed E-state index contributed by atoms with van der Waals surface area (Å²) in [6.45, 7) is 0. The molecule has 1 aliphatic rings. The molecule has 0 unspecified atom stereocenters. The number of methoxy groups -OCH3 is 1. The number of ether oxygens (including phenoxy) is 1. The molecule has 0 radical (unpaired) electrons. The molecule has 100 valence electrons. The lowest BCUT2D eigenvalue weighted by molar-refractivity contribution is 0.417. The second-order valence-electron chi connectivity index (χ2n) is 4.61. The van der Waals surface area contributed by atoms with Gasteiger partial charge in [-0.2, -0.15) is 0 Å². The summed E-state index contributed by atoms with van der Waals surface area (Å²) in [4.78, 5) is 4.83. The number of anilines is 1. The van der Waals surface area contributed by atoms with E-state index in [9.17, 15) is 0 Å². The first-order valence-corrected chi connectivity index (χ1v) is 7.81.